The van der Waals surface area contributed by atoms with E-state index in [1.807, 2.05) is 66.7 Å². The van der Waals surface area contributed by atoms with Gasteiger partial charge in [-0.2, -0.15) is 5.26 Å². The molecule has 1 aliphatic carbocycles. The van der Waals surface area contributed by atoms with Crippen molar-refractivity contribution in [3.8, 4) is 51.4 Å². The third-order valence-electron chi connectivity index (χ3n) is 7.65. The molecular formula is C38H26N4. The molecule has 1 heterocycles. The van der Waals surface area contributed by atoms with Crippen molar-refractivity contribution in [3.63, 3.8) is 0 Å². The van der Waals surface area contributed by atoms with Crippen LogP contribution in [-0.4, -0.2) is 15.0 Å². The number of hydrogen-bond donors (Lipinski definition) is 0. The van der Waals surface area contributed by atoms with Gasteiger partial charge in [0, 0.05) is 16.7 Å². The maximum absolute atomic E-state index is 9.22. The van der Waals surface area contributed by atoms with Crippen LogP contribution in [0.5, 0.6) is 0 Å². The van der Waals surface area contributed by atoms with Gasteiger partial charge in [0.05, 0.1) is 12.0 Å². The summed E-state index contributed by atoms with van der Waals surface area (Å²) in [6.07, 6.45) is 6.92. The maximum atomic E-state index is 9.22. The number of rotatable bonds is 5. The molecule has 0 bridgehead atoms. The third-order valence-corrected chi connectivity index (χ3v) is 7.65. The van der Waals surface area contributed by atoms with Crippen molar-refractivity contribution >= 4 is 16.3 Å². The van der Waals surface area contributed by atoms with Crippen LogP contribution in [0.2, 0.25) is 0 Å². The standard InChI is InChI=1S/C38H26N4/c39-25-26-15-17-27(18-16-26)28-19-21-30(22-20-28)34-24-23-29-9-7-8-14-33(29)35(34)38-41-36(31-10-3-1-4-11-31)40-37(42-38)32-12-5-2-6-13-32/h1-15,17-24,26H,16H2. The van der Waals surface area contributed by atoms with Crippen molar-refractivity contribution < 1.29 is 0 Å². The van der Waals surface area contributed by atoms with E-state index in [0.29, 0.717) is 17.5 Å². The van der Waals surface area contributed by atoms with Crippen LogP contribution in [0, 0.1) is 17.2 Å². The van der Waals surface area contributed by atoms with Crippen molar-refractivity contribution in [2.45, 2.75) is 6.42 Å². The highest BCUT2D eigenvalue weighted by atomic mass is 15.0. The predicted molar refractivity (Wildman–Crippen MR) is 170 cm³/mol. The highest BCUT2D eigenvalue weighted by molar-refractivity contribution is 6.03. The van der Waals surface area contributed by atoms with E-state index in [1.165, 1.54) is 0 Å². The van der Waals surface area contributed by atoms with E-state index in [2.05, 4.69) is 78.9 Å². The number of benzene rings is 5. The first-order valence-electron chi connectivity index (χ1n) is 14.0. The van der Waals surface area contributed by atoms with Gasteiger partial charge < -0.3 is 0 Å². The summed E-state index contributed by atoms with van der Waals surface area (Å²) in [6.45, 7) is 0. The minimum Gasteiger partial charge on any atom is -0.208 e. The van der Waals surface area contributed by atoms with Gasteiger partial charge in [0.1, 0.15) is 0 Å². The Morgan fingerprint density at radius 2 is 1.17 bits per heavy atom. The van der Waals surface area contributed by atoms with Crippen molar-refractivity contribution in [1.29, 1.82) is 5.26 Å². The zero-order chi connectivity index (χ0) is 28.3. The van der Waals surface area contributed by atoms with Crippen LogP contribution in [-0.2, 0) is 0 Å². The largest absolute Gasteiger partial charge is 0.208 e. The number of allylic oxidation sites excluding steroid dienone is 4. The van der Waals surface area contributed by atoms with Crippen LogP contribution in [0.25, 0.3) is 61.6 Å². The van der Waals surface area contributed by atoms with E-state index in [9.17, 15) is 5.26 Å². The lowest BCUT2D eigenvalue weighted by Gasteiger charge is -2.16. The summed E-state index contributed by atoms with van der Waals surface area (Å²) in [6, 6.07) is 43.8. The molecule has 0 fully saturated rings. The molecule has 1 aromatic heterocycles. The Bertz CT molecular complexity index is 1940. The van der Waals surface area contributed by atoms with Gasteiger partial charge in [0.2, 0.25) is 0 Å². The molecular weight excluding hydrogens is 512 g/mol. The van der Waals surface area contributed by atoms with Crippen molar-refractivity contribution in [1.82, 2.24) is 15.0 Å². The predicted octanol–water partition coefficient (Wildman–Crippen LogP) is 9.18. The van der Waals surface area contributed by atoms with Crippen molar-refractivity contribution in [3.05, 3.63) is 145 Å². The van der Waals surface area contributed by atoms with Gasteiger partial charge in [0.15, 0.2) is 17.5 Å². The Morgan fingerprint density at radius 3 is 1.79 bits per heavy atom. The highest BCUT2D eigenvalue weighted by Gasteiger charge is 2.18. The third kappa shape index (κ3) is 4.89. The summed E-state index contributed by atoms with van der Waals surface area (Å²) in [5.41, 5.74) is 7.27. The number of fused-ring (bicyclic) bond motifs is 1. The molecule has 0 radical (unpaired) electrons. The van der Waals surface area contributed by atoms with Crippen LogP contribution in [0.1, 0.15) is 12.0 Å². The minimum atomic E-state index is -0.0462. The Labute approximate surface area is 245 Å². The molecule has 0 spiro atoms. The van der Waals surface area contributed by atoms with E-state index in [0.717, 1.165) is 56.1 Å². The summed E-state index contributed by atoms with van der Waals surface area (Å²) >= 11 is 0. The van der Waals surface area contributed by atoms with Gasteiger partial charge in [-0.15, -0.1) is 0 Å². The monoisotopic (exact) mass is 538 g/mol. The molecule has 6 aromatic rings. The molecule has 198 valence electrons. The van der Waals surface area contributed by atoms with Crippen LogP contribution < -0.4 is 0 Å². The average molecular weight is 539 g/mol. The van der Waals surface area contributed by atoms with Crippen LogP contribution >= 0.6 is 0 Å². The van der Waals surface area contributed by atoms with Crippen LogP contribution in [0.3, 0.4) is 0 Å². The Morgan fingerprint density at radius 1 is 0.571 bits per heavy atom. The summed E-state index contributed by atoms with van der Waals surface area (Å²) in [5.74, 6) is 1.87. The molecule has 1 unspecified atom stereocenters. The van der Waals surface area contributed by atoms with Crippen LogP contribution in [0.4, 0.5) is 0 Å². The first kappa shape index (κ1) is 25.3. The Kier molecular flexibility index (Phi) is 6.68. The molecule has 1 atom stereocenters. The normalized spacial score (nSPS) is 14.4. The second-order valence-corrected chi connectivity index (χ2v) is 10.3. The lowest BCUT2D eigenvalue weighted by Crippen LogP contribution is -2.01. The second-order valence-electron chi connectivity index (χ2n) is 10.3. The second kappa shape index (κ2) is 11.1. The van der Waals surface area contributed by atoms with Gasteiger partial charge in [0.25, 0.3) is 0 Å². The smallest absolute Gasteiger partial charge is 0.165 e. The number of aromatic nitrogens is 3. The lowest BCUT2D eigenvalue weighted by molar-refractivity contribution is 0.840. The molecule has 4 nitrogen and oxygen atoms in total. The van der Waals surface area contributed by atoms with Crippen LogP contribution in [0.15, 0.2) is 140 Å². The molecule has 0 aliphatic heterocycles. The molecule has 42 heavy (non-hydrogen) atoms. The molecule has 7 rings (SSSR count). The fourth-order valence-corrected chi connectivity index (χ4v) is 5.45. The number of hydrogen-bond acceptors (Lipinski definition) is 4. The fourth-order valence-electron chi connectivity index (χ4n) is 5.45. The van der Waals surface area contributed by atoms with Gasteiger partial charge in [-0.05, 0) is 39.5 Å². The SMILES string of the molecule is N#CC1C=CC(c2ccc(-c3ccc4ccccc4c3-c3nc(-c4ccccc4)nc(-c4ccccc4)n3)cc2)=CC1. The van der Waals surface area contributed by atoms with Gasteiger partial charge in [-0.25, -0.2) is 15.0 Å². The first-order valence-corrected chi connectivity index (χ1v) is 14.0. The zero-order valence-corrected chi connectivity index (χ0v) is 22.9. The lowest BCUT2D eigenvalue weighted by atomic mass is 9.90. The average Bonchev–Trinajstić information content (AvgIpc) is 3.08. The molecule has 5 aromatic carbocycles. The summed E-state index contributed by atoms with van der Waals surface area (Å²) in [7, 11) is 0. The maximum Gasteiger partial charge on any atom is 0.165 e. The van der Waals surface area contributed by atoms with Gasteiger partial charge in [-0.1, -0.05) is 140 Å². The topological polar surface area (TPSA) is 62.5 Å². The van der Waals surface area contributed by atoms with Crippen molar-refractivity contribution in [2.24, 2.45) is 5.92 Å². The zero-order valence-electron chi connectivity index (χ0n) is 22.9. The summed E-state index contributed by atoms with van der Waals surface area (Å²) < 4.78 is 0. The van der Waals surface area contributed by atoms with Crippen molar-refractivity contribution in [2.75, 3.05) is 0 Å². The molecule has 0 saturated carbocycles. The quantitative estimate of drug-likeness (QED) is 0.219. The molecule has 1 aliphatic rings. The molecule has 4 heteroatoms. The number of nitriles is 1. The van der Waals surface area contributed by atoms with E-state index >= 15 is 0 Å². The Hall–Kier alpha value is -5.66. The van der Waals surface area contributed by atoms with E-state index in [4.69, 9.17) is 15.0 Å². The number of nitrogens with zero attached hydrogens (tertiary/aromatic N) is 4. The fraction of sp³-hybridized carbons (Fsp3) is 0.0526. The first-order chi connectivity index (χ1) is 20.8. The molecule has 0 saturated heterocycles. The van der Waals surface area contributed by atoms with E-state index < -0.39 is 0 Å². The summed E-state index contributed by atoms with van der Waals surface area (Å²) in [5, 5.41) is 11.4. The van der Waals surface area contributed by atoms with E-state index in [-0.39, 0.29) is 5.92 Å². The Balaban J connectivity index is 1.41. The minimum absolute atomic E-state index is 0.0462. The summed E-state index contributed by atoms with van der Waals surface area (Å²) in [4.78, 5) is 15.1. The van der Waals surface area contributed by atoms with Gasteiger partial charge in [-0.3, -0.25) is 0 Å². The van der Waals surface area contributed by atoms with Gasteiger partial charge >= 0.3 is 0 Å². The van der Waals surface area contributed by atoms with E-state index in [1.54, 1.807) is 0 Å². The molecule has 0 N–H and O–H groups in total. The highest BCUT2D eigenvalue weighted by Crippen LogP contribution is 2.38. The molecule has 0 amide bonds.